The number of ether oxygens (including phenoxy) is 1. The molecule has 4 heterocycles. The first-order valence-electron chi connectivity index (χ1n) is 14.4. The maximum absolute atomic E-state index is 12.6. The van der Waals surface area contributed by atoms with E-state index in [1.54, 1.807) is 6.20 Å². The molecule has 0 unspecified atom stereocenters. The lowest BCUT2D eigenvalue weighted by Gasteiger charge is -2.36. The van der Waals surface area contributed by atoms with E-state index in [9.17, 15) is 4.79 Å². The zero-order valence-corrected chi connectivity index (χ0v) is 25.3. The number of hydrogen-bond acceptors (Lipinski definition) is 8. The van der Waals surface area contributed by atoms with E-state index in [0.29, 0.717) is 42.9 Å². The molecule has 1 saturated heterocycles. The molecule has 2 aliphatic heterocycles. The Morgan fingerprint density at radius 1 is 0.930 bits per heavy atom. The zero-order chi connectivity index (χ0) is 30.0. The van der Waals surface area contributed by atoms with Gasteiger partial charge in [-0.3, -0.25) is 0 Å². The van der Waals surface area contributed by atoms with Crippen molar-refractivity contribution >= 4 is 46.6 Å². The molecule has 3 N–H and O–H groups in total. The molecular weight excluding hydrogens is 564 g/mol. The second-order valence-electron chi connectivity index (χ2n) is 11.7. The van der Waals surface area contributed by atoms with Gasteiger partial charge in [-0.2, -0.15) is 4.98 Å². The van der Waals surface area contributed by atoms with E-state index < -0.39 is 0 Å². The van der Waals surface area contributed by atoms with Crippen LogP contribution in [0.1, 0.15) is 26.3 Å². The number of anilines is 5. The van der Waals surface area contributed by atoms with Crippen molar-refractivity contribution in [1.29, 1.82) is 0 Å². The molecule has 4 aromatic rings. The zero-order valence-electron chi connectivity index (χ0n) is 24.5. The lowest BCUT2D eigenvalue weighted by atomic mass is 10.0. The maximum Gasteiger partial charge on any atom is 0.317 e. The molecule has 1 fully saturated rings. The second kappa shape index (κ2) is 12.0. The molecule has 222 valence electrons. The lowest BCUT2D eigenvalue weighted by molar-refractivity contribution is 0.185. The Balaban J connectivity index is 1.21. The van der Waals surface area contributed by atoms with Crippen molar-refractivity contribution < 1.29 is 9.53 Å². The van der Waals surface area contributed by atoms with Crippen LogP contribution in [0.4, 0.5) is 33.8 Å². The number of pyridine rings is 1. The molecule has 0 radical (unpaired) electrons. The van der Waals surface area contributed by atoms with Gasteiger partial charge in [-0.25, -0.2) is 14.8 Å². The first-order chi connectivity index (χ1) is 20.7. The largest absolute Gasteiger partial charge is 0.493 e. The fraction of sp³-hybridized carbons (Fsp3) is 0.312. The van der Waals surface area contributed by atoms with Crippen LogP contribution in [-0.2, 0) is 6.42 Å². The number of nitrogens with one attached hydrogen (secondary N) is 3. The molecule has 0 spiro atoms. The number of hydrogen-bond donors (Lipinski definition) is 3. The minimum Gasteiger partial charge on any atom is -0.493 e. The van der Waals surface area contributed by atoms with Crippen LogP contribution in [0.5, 0.6) is 5.75 Å². The molecule has 6 bridgehead atoms. The van der Waals surface area contributed by atoms with Gasteiger partial charge in [0.2, 0.25) is 5.95 Å². The third-order valence-electron chi connectivity index (χ3n) is 7.20. The summed E-state index contributed by atoms with van der Waals surface area (Å²) in [6.45, 7) is 9.26. The molecule has 43 heavy (non-hydrogen) atoms. The minimum atomic E-state index is -0.257. The van der Waals surface area contributed by atoms with Crippen molar-refractivity contribution in [2.24, 2.45) is 0 Å². The Kier molecular flexibility index (Phi) is 7.94. The average molecular weight is 599 g/mol. The number of nitrogens with zero attached hydrogens (tertiary/aromatic N) is 5. The van der Waals surface area contributed by atoms with Crippen LogP contribution in [0.15, 0.2) is 67.0 Å². The number of amides is 2. The highest BCUT2D eigenvalue weighted by Crippen LogP contribution is 2.30. The van der Waals surface area contributed by atoms with E-state index in [1.807, 2.05) is 62.2 Å². The molecule has 2 aromatic carbocycles. The molecule has 0 saturated carbocycles. The van der Waals surface area contributed by atoms with Crippen molar-refractivity contribution in [2.45, 2.75) is 32.7 Å². The number of fused-ring (bicyclic) bond motifs is 6. The highest BCUT2D eigenvalue weighted by molar-refractivity contribution is 6.32. The van der Waals surface area contributed by atoms with Crippen LogP contribution < -0.4 is 25.6 Å². The summed E-state index contributed by atoms with van der Waals surface area (Å²) in [6.07, 6.45) is 4.19. The smallest absolute Gasteiger partial charge is 0.317 e. The van der Waals surface area contributed by atoms with Crippen molar-refractivity contribution in [2.75, 3.05) is 48.3 Å². The van der Waals surface area contributed by atoms with E-state index in [-0.39, 0.29) is 11.6 Å². The van der Waals surface area contributed by atoms with Crippen LogP contribution in [-0.4, -0.2) is 64.2 Å². The third kappa shape index (κ3) is 7.09. The average Bonchev–Trinajstić information content (AvgIpc) is 2.98. The topological polar surface area (TPSA) is 108 Å². The van der Waals surface area contributed by atoms with Crippen LogP contribution in [0, 0.1) is 0 Å². The summed E-state index contributed by atoms with van der Waals surface area (Å²) in [4.78, 5) is 30.4. The van der Waals surface area contributed by atoms with Gasteiger partial charge in [0.15, 0.2) is 5.82 Å². The quantitative estimate of drug-likeness (QED) is 0.249. The molecule has 2 aliphatic rings. The van der Waals surface area contributed by atoms with Gasteiger partial charge < -0.3 is 30.5 Å². The third-order valence-corrected chi connectivity index (χ3v) is 7.48. The number of halogens is 1. The molecule has 10 nitrogen and oxygen atoms in total. The Hall–Kier alpha value is -4.57. The first kappa shape index (κ1) is 28.5. The number of aromatic nitrogens is 3. The number of urea groups is 1. The van der Waals surface area contributed by atoms with Crippen molar-refractivity contribution in [3.63, 3.8) is 0 Å². The lowest BCUT2D eigenvalue weighted by Crippen LogP contribution is -2.55. The summed E-state index contributed by atoms with van der Waals surface area (Å²) in [5, 5.41) is 10.1. The summed E-state index contributed by atoms with van der Waals surface area (Å²) in [6, 6.07) is 18.1. The van der Waals surface area contributed by atoms with Crippen molar-refractivity contribution in [3.8, 4) is 16.9 Å². The van der Waals surface area contributed by atoms with Crippen LogP contribution >= 0.6 is 11.6 Å². The number of rotatable bonds is 2. The van der Waals surface area contributed by atoms with Crippen LogP contribution in [0.2, 0.25) is 5.02 Å². The first-order valence-corrected chi connectivity index (χ1v) is 14.8. The minimum absolute atomic E-state index is 0.0210. The normalized spacial score (nSPS) is 15.0. The van der Waals surface area contributed by atoms with E-state index >= 15 is 0 Å². The van der Waals surface area contributed by atoms with E-state index in [1.165, 1.54) is 0 Å². The Morgan fingerprint density at radius 2 is 1.77 bits per heavy atom. The van der Waals surface area contributed by atoms with Gasteiger partial charge in [-0.05, 0) is 68.3 Å². The van der Waals surface area contributed by atoms with Crippen molar-refractivity contribution in [3.05, 3.63) is 77.6 Å². The number of carbonyl (C=O) groups is 1. The Morgan fingerprint density at radius 3 is 2.53 bits per heavy atom. The molecule has 2 amide bonds. The second-order valence-corrected chi connectivity index (χ2v) is 12.2. The molecule has 2 aromatic heterocycles. The van der Waals surface area contributed by atoms with Crippen LogP contribution in [0.3, 0.4) is 0 Å². The van der Waals surface area contributed by atoms with Crippen LogP contribution in [0.25, 0.3) is 11.1 Å². The molecule has 0 atom stereocenters. The monoisotopic (exact) mass is 598 g/mol. The van der Waals surface area contributed by atoms with Gasteiger partial charge in [-0.15, -0.1) is 0 Å². The predicted octanol–water partition coefficient (Wildman–Crippen LogP) is 6.24. The molecule has 6 rings (SSSR count). The number of benzene rings is 2. The van der Waals surface area contributed by atoms with E-state index in [4.69, 9.17) is 21.3 Å². The van der Waals surface area contributed by atoms with Gasteiger partial charge in [0, 0.05) is 67.3 Å². The standard InChI is InChI=1S/C32H35ClN8O2/c1-32(2,3)39-31(42)41-12-10-40(11-13-41)28-8-7-22(19-34-28)23-15-21-9-14-43-26-6-4-5-24(18-26)36-29-27(33)20-35-30(38-29)37-25(16-21)17-23/h4-8,15-20H,9-14H2,1-3H3,(H,39,42)(H2,35,36,37,38). The summed E-state index contributed by atoms with van der Waals surface area (Å²) in [5.41, 5.74) is 4.54. The van der Waals surface area contributed by atoms with Gasteiger partial charge >= 0.3 is 6.03 Å². The fourth-order valence-electron chi connectivity index (χ4n) is 5.09. The van der Waals surface area contributed by atoms with Gasteiger partial charge in [0.1, 0.15) is 16.6 Å². The predicted molar refractivity (Wildman–Crippen MR) is 171 cm³/mol. The van der Waals surface area contributed by atoms with Gasteiger partial charge in [0.05, 0.1) is 12.8 Å². The highest BCUT2D eigenvalue weighted by Gasteiger charge is 2.24. The van der Waals surface area contributed by atoms with Gasteiger partial charge in [-0.1, -0.05) is 23.7 Å². The van der Waals surface area contributed by atoms with Crippen molar-refractivity contribution in [1.82, 2.24) is 25.2 Å². The summed E-state index contributed by atoms with van der Waals surface area (Å²) >= 11 is 6.40. The SMILES string of the molecule is CC(C)(C)NC(=O)N1CCN(c2ccc(-c3cc4cc(c3)Nc3ncc(Cl)c(n3)Nc3cccc(c3)OCC4)cn2)CC1. The maximum atomic E-state index is 12.6. The van der Waals surface area contributed by atoms with Gasteiger partial charge in [0.25, 0.3) is 0 Å². The summed E-state index contributed by atoms with van der Waals surface area (Å²) < 4.78 is 6.08. The van der Waals surface area contributed by atoms with E-state index in [2.05, 4.69) is 55.1 Å². The fourth-order valence-corrected chi connectivity index (χ4v) is 5.23. The number of carbonyl (C=O) groups excluding carboxylic acids is 1. The highest BCUT2D eigenvalue weighted by atomic mass is 35.5. The summed E-state index contributed by atoms with van der Waals surface area (Å²) in [5.74, 6) is 2.59. The number of piperazine rings is 1. The Labute approximate surface area is 256 Å². The summed E-state index contributed by atoms with van der Waals surface area (Å²) in [7, 11) is 0. The molecule has 11 heteroatoms. The molecular formula is C32H35ClN8O2. The molecule has 0 aliphatic carbocycles. The Bertz CT molecular complexity index is 1610. The van der Waals surface area contributed by atoms with E-state index in [0.717, 1.165) is 52.7 Å².